The molecule has 0 saturated carbocycles. The Balaban J connectivity index is 1.35. The minimum atomic E-state index is -0.303. The van der Waals surface area contributed by atoms with Crippen LogP contribution in [0.4, 0.5) is 16.5 Å². The van der Waals surface area contributed by atoms with E-state index in [1.54, 1.807) is 24.3 Å². The lowest BCUT2D eigenvalue weighted by molar-refractivity contribution is -0.115. The molecule has 0 spiro atoms. The van der Waals surface area contributed by atoms with Gasteiger partial charge in [0.2, 0.25) is 5.91 Å². The fourth-order valence-corrected chi connectivity index (χ4v) is 5.72. The summed E-state index contributed by atoms with van der Waals surface area (Å²) >= 11 is 14.6. The first-order valence-electron chi connectivity index (χ1n) is 11.8. The first kappa shape index (κ1) is 27.8. The third-order valence-electron chi connectivity index (χ3n) is 5.47. The third-order valence-corrected chi connectivity index (χ3v) is 8.12. The van der Waals surface area contributed by atoms with Gasteiger partial charge in [0.1, 0.15) is 0 Å². The smallest absolute Gasteiger partial charge is 0.239 e. The first-order chi connectivity index (χ1) is 18.3. The SMILES string of the molecule is CCC(Sc1cccc(NC(=S)Nc2ccc(C(C)=O)cc2)c1)C(=O)Nc1nc(-c2ccccc2Cl)cs1. The lowest BCUT2D eigenvalue weighted by Crippen LogP contribution is -2.24. The van der Waals surface area contributed by atoms with E-state index in [9.17, 15) is 9.59 Å². The highest BCUT2D eigenvalue weighted by molar-refractivity contribution is 8.00. The van der Waals surface area contributed by atoms with Gasteiger partial charge in [-0.1, -0.05) is 42.8 Å². The minimum Gasteiger partial charge on any atom is -0.332 e. The van der Waals surface area contributed by atoms with Crippen LogP contribution in [0.25, 0.3) is 11.3 Å². The highest BCUT2D eigenvalue weighted by atomic mass is 35.5. The van der Waals surface area contributed by atoms with Crippen molar-refractivity contribution in [2.24, 2.45) is 0 Å². The quantitative estimate of drug-likeness (QED) is 0.105. The van der Waals surface area contributed by atoms with Crippen LogP contribution in [-0.2, 0) is 4.79 Å². The molecule has 194 valence electrons. The van der Waals surface area contributed by atoms with Crippen LogP contribution in [0.5, 0.6) is 0 Å². The van der Waals surface area contributed by atoms with Crippen LogP contribution in [-0.4, -0.2) is 27.0 Å². The Morgan fingerprint density at radius 1 is 1.00 bits per heavy atom. The second-order valence-electron chi connectivity index (χ2n) is 8.26. The molecule has 4 rings (SSSR count). The number of ketones is 1. The summed E-state index contributed by atoms with van der Waals surface area (Å²) in [5.41, 5.74) is 3.78. The second kappa shape index (κ2) is 13.0. The fourth-order valence-electron chi connectivity index (χ4n) is 3.53. The molecule has 1 atom stereocenters. The van der Waals surface area contributed by atoms with Crippen LogP contribution in [0.2, 0.25) is 5.02 Å². The number of halogens is 1. The van der Waals surface area contributed by atoms with Gasteiger partial charge >= 0.3 is 0 Å². The van der Waals surface area contributed by atoms with Crippen molar-refractivity contribution in [3.8, 4) is 11.3 Å². The molecule has 38 heavy (non-hydrogen) atoms. The van der Waals surface area contributed by atoms with Gasteiger partial charge in [-0.2, -0.15) is 0 Å². The number of thiazole rings is 1. The van der Waals surface area contributed by atoms with Crippen LogP contribution >= 0.6 is 46.9 Å². The van der Waals surface area contributed by atoms with E-state index in [1.807, 2.05) is 60.8 Å². The minimum absolute atomic E-state index is 0.0131. The number of hydrogen-bond donors (Lipinski definition) is 3. The highest BCUT2D eigenvalue weighted by Crippen LogP contribution is 2.32. The van der Waals surface area contributed by atoms with Gasteiger partial charge in [-0.25, -0.2) is 4.98 Å². The van der Waals surface area contributed by atoms with E-state index in [1.165, 1.54) is 30.0 Å². The van der Waals surface area contributed by atoms with Crippen molar-refractivity contribution >= 4 is 80.2 Å². The summed E-state index contributed by atoms with van der Waals surface area (Å²) in [7, 11) is 0. The van der Waals surface area contributed by atoms with Crippen molar-refractivity contribution in [1.82, 2.24) is 4.98 Å². The largest absolute Gasteiger partial charge is 0.332 e. The summed E-state index contributed by atoms with van der Waals surface area (Å²) in [5, 5.41) is 12.4. The van der Waals surface area contributed by atoms with Gasteiger partial charge < -0.3 is 16.0 Å². The van der Waals surface area contributed by atoms with Gasteiger partial charge in [-0.3, -0.25) is 9.59 Å². The zero-order chi connectivity index (χ0) is 27.1. The number of rotatable bonds is 9. The standard InChI is InChI=1S/C28H25ClN4O2S3/c1-3-25(26(35)33-28-32-24(16-37-28)22-9-4-5-10-23(22)29)38-21-8-6-7-20(15-21)31-27(36)30-19-13-11-18(12-14-19)17(2)34/h4-16,25H,3H2,1-2H3,(H2,30,31,36)(H,32,33,35). The summed E-state index contributed by atoms with van der Waals surface area (Å²) < 4.78 is 0. The predicted molar refractivity (Wildman–Crippen MR) is 164 cm³/mol. The van der Waals surface area contributed by atoms with Crippen LogP contribution in [0, 0.1) is 0 Å². The molecule has 10 heteroatoms. The van der Waals surface area contributed by atoms with E-state index in [0.717, 1.165) is 27.5 Å². The number of amides is 1. The van der Waals surface area contributed by atoms with Crippen LogP contribution in [0.15, 0.2) is 83.1 Å². The average molecular weight is 581 g/mol. The molecule has 0 aliphatic heterocycles. The molecule has 1 unspecified atom stereocenters. The Labute approximate surface area is 240 Å². The van der Waals surface area contributed by atoms with E-state index in [-0.39, 0.29) is 16.9 Å². The third kappa shape index (κ3) is 7.41. The molecule has 1 heterocycles. The van der Waals surface area contributed by atoms with Gasteiger partial charge in [-0.05, 0) is 74.1 Å². The number of nitrogens with one attached hydrogen (secondary N) is 3. The first-order valence-corrected chi connectivity index (χ1v) is 14.3. The van der Waals surface area contributed by atoms with Gasteiger partial charge in [0.15, 0.2) is 16.0 Å². The number of benzene rings is 3. The number of aromatic nitrogens is 1. The monoisotopic (exact) mass is 580 g/mol. The molecule has 0 radical (unpaired) electrons. The number of Topliss-reactive ketones (excluding diaryl/α,β-unsaturated/α-hetero) is 1. The normalized spacial score (nSPS) is 11.4. The fraction of sp³-hybridized carbons (Fsp3) is 0.143. The topological polar surface area (TPSA) is 83.1 Å². The number of thiocarbonyl (C=S) groups is 1. The second-order valence-corrected chi connectivity index (χ2v) is 11.2. The molecule has 0 aliphatic carbocycles. The average Bonchev–Trinajstić information content (AvgIpc) is 3.36. The molecule has 0 fully saturated rings. The zero-order valence-corrected chi connectivity index (χ0v) is 23.9. The predicted octanol–water partition coefficient (Wildman–Crippen LogP) is 7.98. The Morgan fingerprint density at radius 2 is 1.74 bits per heavy atom. The Bertz CT molecular complexity index is 1460. The molecule has 3 N–H and O–H groups in total. The maximum atomic E-state index is 13.0. The van der Waals surface area contributed by atoms with Crippen molar-refractivity contribution in [2.75, 3.05) is 16.0 Å². The molecule has 6 nitrogen and oxygen atoms in total. The van der Waals surface area contributed by atoms with Crippen molar-refractivity contribution in [2.45, 2.75) is 30.4 Å². The number of carbonyl (C=O) groups excluding carboxylic acids is 2. The molecule has 4 aromatic rings. The van der Waals surface area contributed by atoms with E-state index >= 15 is 0 Å². The van der Waals surface area contributed by atoms with Crippen molar-refractivity contribution in [1.29, 1.82) is 0 Å². The van der Waals surface area contributed by atoms with E-state index in [0.29, 0.717) is 27.3 Å². The van der Waals surface area contributed by atoms with Gasteiger partial charge in [0.25, 0.3) is 0 Å². The van der Waals surface area contributed by atoms with Crippen LogP contribution < -0.4 is 16.0 Å². The summed E-state index contributed by atoms with van der Waals surface area (Å²) in [5.74, 6) is -0.0961. The summed E-state index contributed by atoms with van der Waals surface area (Å²) in [6.07, 6.45) is 0.646. The van der Waals surface area contributed by atoms with Crippen LogP contribution in [0.1, 0.15) is 30.6 Å². The van der Waals surface area contributed by atoms with E-state index in [2.05, 4.69) is 20.9 Å². The van der Waals surface area contributed by atoms with Gasteiger partial charge in [-0.15, -0.1) is 23.1 Å². The van der Waals surface area contributed by atoms with Gasteiger partial charge in [0.05, 0.1) is 10.9 Å². The highest BCUT2D eigenvalue weighted by Gasteiger charge is 2.20. The molecular weight excluding hydrogens is 556 g/mol. The molecule has 1 amide bonds. The summed E-state index contributed by atoms with van der Waals surface area (Å²) in [4.78, 5) is 30.0. The molecular formula is C28H25ClN4O2S3. The van der Waals surface area contributed by atoms with E-state index in [4.69, 9.17) is 23.8 Å². The maximum Gasteiger partial charge on any atom is 0.239 e. The number of nitrogens with zero attached hydrogens (tertiary/aromatic N) is 1. The number of carbonyl (C=O) groups is 2. The molecule has 0 aliphatic rings. The van der Waals surface area contributed by atoms with E-state index < -0.39 is 0 Å². The zero-order valence-electron chi connectivity index (χ0n) is 20.7. The van der Waals surface area contributed by atoms with Gasteiger partial charge in [0, 0.05) is 37.8 Å². The molecule has 0 saturated heterocycles. The van der Waals surface area contributed by atoms with Crippen molar-refractivity contribution in [3.63, 3.8) is 0 Å². The molecule has 0 bridgehead atoms. The molecule has 1 aromatic heterocycles. The lowest BCUT2D eigenvalue weighted by atomic mass is 10.1. The lowest BCUT2D eigenvalue weighted by Gasteiger charge is -2.15. The number of hydrogen-bond acceptors (Lipinski definition) is 6. The van der Waals surface area contributed by atoms with Crippen molar-refractivity contribution in [3.05, 3.63) is 88.8 Å². The summed E-state index contributed by atoms with van der Waals surface area (Å²) in [6.45, 7) is 3.51. The number of thioether (sulfide) groups is 1. The van der Waals surface area contributed by atoms with Crippen LogP contribution in [0.3, 0.4) is 0 Å². The Kier molecular flexibility index (Phi) is 9.52. The van der Waals surface area contributed by atoms with Crippen molar-refractivity contribution < 1.29 is 9.59 Å². The Morgan fingerprint density at radius 3 is 2.45 bits per heavy atom. The Hall–Kier alpha value is -3.24. The summed E-state index contributed by atoms with van der Waals surface area (Å²) in [6, 6.07) is 22.3. The maximum absolute atomic E-state index is 13.0. The number of anilines is 3. The molecule has 3 aromatic carbocycles.